The second kappa shape index (κ2) is 3.83. The minimum absolute atomic E-state index is 0.173. The Morgan fingerprint density at radius 2 is 2.25 bits per heavy atom. The van der Waals surface area contributed by atoms with Gasteiger partial charge in [-0.25, -0.2) is 4.98 Å². The number of benzene rings is 1. The van der Waals surface area contributed by atoms with Crippen molar-refractivity contribution in [3.63, 3.8) is 0 Å². The molecule has 4 nitrogen and oxygen atoms in total. The molecule has 2 heterocycles. The Morgan fingerprint density at radius 3 is 3.00 bits per heavy atom. The third-order valence-corrected chi connectivity index (χ3v) is 3.49. The Kier molecular flexibility index (Phi) is 2.32. The van der Waals surface area contributed by atoms with Crippen LogP contribution in [0, 0.1) is 0 Å². The Bertz CT molecular complexity index is 504. The van der Waals surface area contributed by atoms with Gasteiger partial charge in [0.1, 0.15) is 10.8 Å². The van der Waals surface area contributed by atoms with Gasteiger partial charge >= 0.3 is 5.97 Å². The van der Waals surface area contributed by atoms with Gasteiger partial charge in [-0.2, -0.15) is 0 Å². The van der Waals surface area contributed by atoms with Gasteiger partial charge in [-0.1, -0.05) is 23.9 Å². The molecule has 0 amide bonds. The zero-order chi connectivity index (χ0) is 11.0. The summed E-state index contributed by atoms with van der Waals surface area (Å²) in [7, 11) is 0. The zero-order valence-electron chi connectivity index (χ0n) is 8.38. The number of para-hydroxylation sites is 2. The molecular weight excluding hydrogens is 226 g/mol. The Morgan fingerprint density at radius 1 is 1.38 bits per heavy atom. The molecule has 1 aromatic heterocycles. The van der Waals surface area contributed by atoms with Crippen LogP contribution in [0.25, 0.3) is 11.1 Å². The monoisotopic (exact) mass is 235 g/mol. The SMILES string of the molecule is O=C1OCC[C@@H]1Sc1nc2ccccc2o1. The number of esters is 1. The van der Waals surface area contributed by atoms with Crippen molar-refractivity contribution in [2.24, 2.45) is 0 Å². The van der Waals surface area contributed by atoms with E-state index in [2.05, 4.69) is 4.98 Å². The van der Waals surface area contributed by atoms with Crippen LogP contribution in [0.4, 0.5) is 0 Å². The first-order valence-electron chi connectivity index (χ1n) is 5.02. The molecule has 0 bridgehead atoms. The zero-order valence-corrected chi connectivity index (χ0v) is 9.20. The van der Waals surface area contributed by atoms with E-state index >= 15 is 0 Å². The third-order valence-electron chi connectivity index (χ3n) is 2.40. The molecule has 1 atom stereocenters. The van der Waals surface area contributed by atoms with Crippen molar-refractivity contribution in [3.8, 4) is 0 Å². The standard InChI is InChI=1S/C11H9NO3S/c13-10-9(5-6-14-10)16-11-12-7-3-1-2-4-8(7)15-11/h1-4,9H,5-6H2/t9-/m0/s1. The Labute approximate surface area is 96.0 Å². The van der Waals surface area contributed by atoms with E-state index in [-0.39, 0.29) is 11.2 Å². The number of oxazole rings is 1. The number of fused-ring (bicyclic) bond motifs is 1. The number of nitrogens with zero attached hydrogens (tertiary/aromatic N) is 1. The summed E-state index contributed by atoms with van der Waals surface area (Å²) in [6.07, 6.45) is 0.724. The van der Waals surface area contributed by atoms with Crippen LogP contribution in [-0.4, -0.2) is 22.8 Å². The summed E-state index contributed by atoms with van der Waals surface area (Å²) < 4.78 is 10.4. The first-order chi connectivity index (χ1) is 7.83. The van der Waals surface area contributed by atoms with Gasteiger partial charge in [0.2, 0.25) is 0 Å². The number of hydrogen-bond donors (Lipinski definition) is 0. The van der Waals surface area contributed by atoms with E-state index < -0.39 is 0 Å². The fraction of sp³-hybridized carbons (Fsp3) is 0.273. The molecule has 0 saturated carbocycles. The van der Waals surface area contributed by atoms with Gasteiger partial charge in [-0.05, 0) is 12.1 Å². The normalized spacial score (nSPS) is 20.2. The first-order valence-corrected chi connectivity index (χ1v) is 5.90. The summed E-state index contributed by atoms with van der Waals surface area (Å²) >= 11 is 1.33. The van der Waals surface area contributed by atoms with E-state index in [1.807, 2.05) is 24.3 Å². The van der Waals surface area contributed by atoms with E-state index in [4.69, 9.17) is 9.15 Å². The van der Waals surface area contributed by atoms with Gasteiger partial charge < -0.3 is 9.15 Å². The van der Waals surface area contributed by atoms with Gasteiger partial charge in [-0.3, -0.25) is 4.79 Å². The number of carbonyl (C=O) groups is 1. The summed E-state index contributed by atoms with van der Waals surface area (Å²) in [5.74, 6) is -0.174. The van der Waals surface area contributed by atoms with Crippen molar-refractivity contribution in [2.75, 3.05) is 6.61 Å². The van der Waals surface area contributed by atoms with Crippen molar-refractivity contribution >= 4 is 28.8 Å². The van der Waals surface area contributed by atoms with Gasteiger partial charge in [0.15, 0.2) is 5.58 Å². The molecule has 0 unspecified atom stereocenters. The summed E-state index contributed by atoms with van der Waals surface area (Å²) in [4.78, 5) is 15.6. The van der Waals surface area contributed by atoms with Crippen LogP contribution in [0.1, 0.15) is 6.42 Å². The van der Waals surface area contributed by atoms with E-state index in [1.165, 1.54) is 11.8 Å². The van der Waals surface area contributed by atoms with Crippen LogP contribution in [0.3, 0.4) is 0 Å². The number of cyclic esters (lactones) is 1. The lowest BCUT2D eigenvalue weighted by Crippen LogP contribution is -2.09. The highest BCUT2D eigenvalue weighted by atomic mass is 32.2. The van der Waals surface area contributed by atoms with Crippen LogP contribution in [-0.2, 0) is 9.53 Å². The van der Waals surface area contributed by atoms with Crippen molar-refractivity contribution in [2.45, 2.75) is 16.9 Å². The minimum atomic E-state index is -0.174. The molecule has 0 aliphatic carbocycles. The highest BCUT2D eigenvalue weighted by Gasteiger charge is 2.29. The fourth-order valence-electron chi connectivity index (χ4n) is 1.61. The molecule has 0 N–H and O–H groups in total. The molecule has 0 spiro atoms. The fourth-order valence-corrected chi connectivity index (χ4v) is 2.52. The van der Waals surface area contributed by atoms with E-state index in [1.54, 1.807) is 0 Å². The van der Waals surface area contributed by atoms with Crippen molar-refractivity contribution in [1.29, 1.82) is 0 Å². The molecule has 1 aromatic carbocycles. The minimum Gasteiger partial charge on any atom is -0.465 e. The smallest absolute Gasteiger partial charge is 0.319 e. The predicted octanol–water partition coefficient (Wildman–Crippen LogP) is 2.24. The number of rotatable bonds is 2. The summed E-state index contributed by atoms with van der Waals surface area (Å²) in [5.41, 5.74) is 1.56. The summed E-state index contributed by atoms with van der Waals surface area (Å²) in [6, 6.07) is 7.55. The maximum atomic E-state index is 11.3. The molecule has 82 valence electrons. The van der Waals surface area contributed by atoms with Crippen LogP contribution in [0.5, 0.6) is 0 Å². The van der Waals surface area contributed by atoms with E-state index in [0.717, 1.165) is 17.5 Å². The maximum absolute atomic E-state index is 11.3. The number of thioether (sulfide) groups is 1. The lowest BCUT2D eigenvalue weighted by molar-refractivity contribution is -0.137. The van der Waals surface area contributed by atoms with Crippen molar-refractivity contribution < 1.29 is 13.9 Å². The lowest BCUT2D eigenvalue weighted by Gasteiger charge is -1.99. The van der Waals surface area contributed by atoms with Gasteiger partial charge in [0, 0.05) is 6.42 Å². The van der Waals surface area contributed by atoms with Gasteiger partial charge in [0.25, 0.3) is 5.22 Å². The number of carbonyl (C=O) groups excluding carboxylic acids is 1. The van der Waals surface area contributed by atoms with Crippen molar-refractivity contribution in [1.82, 2.24) is 4.98 Å². The third kappa shape index (κ3) is 1.67. The maximum Gasteiger partial charge on any atom is 0.319 e. The number of ether oxygens (including phenoxy) is 1. The summed E-state index contributed by atoms with van der Waals surface area (Å²) in [6.45, 7) is 0.497. The highest BCUT2D eigenvalue weighted by molar-refractivity contribution is 8.00. The van der Waals surface area contributed by atoms with Crippen LogP contribution in [0.15, 0.2) is 33.9 Å². The average molecular weight is 235 g/mol. The first kappa shape index (κ1) is 9.72. The molecule has 1 aliphatic rings. The van der Waals surface area contributed by atoms with Crippen molar-refractivity contribution in [3.05, 3.63) is 24.3 Å². The van der Waals surface area contributed by atoms with Crippen LogP contribution < -0.4 is 0 Å². The topological polar surface area (TPSA) is 52.3 Å². The molecule has 1 aliphatic heterocycles. The average Bonchev–Trinajstić information content (AvgIpc) is 2.85. The lowest BCUT2D eigenvalue weighted by atomic mass is 10.3. The molecular formula is C11H9NO3S. The molecule has 1 fully saturated rings. The van der Waals surface area contributed by atoms with Gasteiger partial charge in [0.05, 0.1) is 6.61 Å². The number of hydrogen-bond acceptors (Lipinski definition) is 5. The molecule has 1 saturated heterocycles. The van der Waals surface area contributed by atoms with E-state index in [9.17, 15) is 4.79 Å². The second-order valence-electron chi connectivity index (χ2n) is 3.51. The molecule has 2 aromatic rings. The Balaban J connectivity index is 1.86. The molecule has 5 heteroatoms. The highest BCUT2D eigenvalue weighted by Crippen LogP contribution is 2.30. The predicted molar refractivity (Wildman–Crippen MR) is 59.2 cm³/mol. The summed E-state index contributed by atoms with van der Waals surface area (Å²) in [5, 5.41) is 0.359. The van der Waals surface area contributed by atoms with Gasteiger partial charge in [-0.15, -0.1) is 0 Å². The molecule has 3 rings (SSSR count). The quantitative estimate of drug-likeness (QED) is 0.747. The largest absolute Gasteiger partial charge is 0.465 e. The van der Waals surface area contributed by atoms with Crippen LogP contribution in [0.2, 0.25) is 0 Å². The number of aromatic nitrogens is 1. The van der Waals surface area contributed by atoms with Crippen LogP contribution >= 0.6 is 11.8 Å². The van der Waals surface area contributed by atoms with E-state index in [0.29, 0.717) is 11.8 Å². The Hall–Kier alpha value is -1.49. The molecule has 0 radical (unpaired) electrons. The second-order valence-corrected chi connectivity index (χ2v) is 4.66. The molecule has 16 heavy (non-hydrogen) atoms.